The van der Waals surface area contributed by atoms with Crippen molar-refractivity contribution in [1.29, 1.82) is 15.8 Å². The Labute approximate surface area is 154 Å². The lowest BCUT2D eigenvalue weighted by atomic mass is 10.2. The van der Waals surface area contributed by atoms with Crippen LogP contribution in [0.5, 0.6) is 17.2 Å². The molecule has 0 aromatic heterocycles. The molecule has 9 nitrogen and oxygen atoms in total. The third-order valence-electron chi connectivity index (χ3n) is 3.25. The molecule has 0 heterocycles. The lowest BCUT2D eigenvalue weighted by Crippen LogP contribution is -2.02. The van der Waals surface area contributed by atoms with E-state index in [0.29, 0.717) is 11.5 Å². The van der Waals surface area contributed by atoms with Crippen molar-refractivity contribution in [2.45, 2.75) is 0 Å². The van der Waals surface area contributed by atoms with Crippen LogP contribution in [0.15, 0.2) is 53.7 Å². The van der Waals surface area contributed by atoms with Crippen molar-refractivity contribution in [3.05, 3.63) is 63.8 Å². The zero-order valence-corrected chi connectivity index (χ0v) is 14.0. The lowest BCUT2D eigenvalue weighted by molar-refractivity contribution is -0.384. The number of nitro groups is 1. The van der Waals surface area contributed by atoms with Gasteiger partial charge in [0.05, 0.1) is 18.1 Å². The van der Waals surface area contributed by atoms with Crippen LogP contribution in [0.4, 0.5) is 11.4 Å². The van der Waals surface area contributed by atoms with E-state index in [9.17, 15) is 10.1 Å². The van der Waals surface area contributed by atoms with Gasteiger partial charge in [-0.15, -0.1) is 0 Å². The van der Waals surface area contributed by atoms with Gasteiger partial charge in [-0.2, -0.15) is 15.8 Å². The Morgan fingerprint density at radius 2 is 1.74 bits per heavy atom. The molecule has 132 valence electrons. The Kier molecular flexibility index (Phi) is 5.93. The van der Waals surface area contributed by atoms with E-state index in [1.54, 1.807) is 42.5 Å². The van der Waals surface area contributed by atoms with Crippen LogP contribution in [-0.2, 0) is 0 Å². The molecule has 0 aliphatic rings. The highest BCUT2D eigenvalue weighted by molar-refractivity contribution is 5.63. The van der Waals surface area contributed by atoms with Crippen LogP contribution in [0, 0.1) is 44.1 Å². The van der Waals surface area contributed by atoms with Gasteiger partial charge in [-0.25, -0.2) is 0 Å². The third kappa shape index (κ3) is 4.50. The molecule has 0 radical (unpaired) electrons. The lowest BCUT2D eigenvalue weighted by Gasteiger charge is -2.11. The normalized spacial score (nSPS) is 9.11. The summed E-state index contributed by atoms with van der Waals surface area (Å²) >= 11 is 0. The number of nitriles is 3. The van der Waals surface area contributed by atoms with E-state index in [4.69, 9.17) is 25.3 Å². The van der Waals surface area contributed by atoms with Gasteiger partial charge in [0.15, 0.2) is 17.1 Å². The summed E-state index contributed by atoms with van der Waals surface area (Å²) < 4.78 is 10.8. The Hall–Kier alpha value is -4.55. The highest BCUT2D eigenvalue weighted by atomic mass is 16.6. The van der Waals surface area contributed by atoms with E-state index in [2.05, 4.69) is 5.32 Å². The highest BCUT2D eigenvalue weighted by Crippen LogP contribution is 2.34. The van der Waals surface area contributed by atoms with E-state index in [1.165, 1.54) is 19.2 Å². The molecular weight excluding hydrogens is 350 g/mol. The fourth-order valence-electron chi connectivity index (χ4n) is 2.08. The summed E-state index contributed by atoms with van der Waals surface area (Å²) in [7, 11) is 1.46. The minimum absolute atomic E-state index is 0.101. The Morgan fingerprint density at radius 3 is 2.30 bits per heavy atom. The van der Waals surface area contributed by atoms with Crippen molar-refractivity contribution in [1.82, 2.24) is 0 Å². The number of hydrogen-bond acceptors (Lipinski definition) is 8. The van der Waals surface area contributed by atoms with Gasteiger partial charge in [0.2, 0.25) is 0 Å². The molecule has 0 aliphatic heterocycles. The number of non-ortho nitro benzene ring substituents is 1. The average Bonchev–Trinajstić information content (AvgIpc) is 2.68. The number of allylic oxidation sites excluding steroid dienone is 2. The van der Waals surface area contributed by atoms with Crippen molar-refractivity contribution in [3.63, 3.8) is 0 Å². The van der Waals surface area contributed by atoms with E-state index in [0.717, 1.165) is 6.07 Å². The maximum atomic E-state index is 11.2. The largest absolute Gasteiger partial charge is 0.493 e. The molecule has 0 atom stereocenters. The number of methoxy groups -OCH3 is 1. The van der Waals surface area contributed by atoms with Crippen molar-refractivity contribution in [2.24, 2.45) is 0 Å². The smallest absolute Gasteiger partial charge is 0.275 e. The quantitative estimate of drug-likeness (QED) is 0.466. The molecule has 0 amide bonds. The number of nitro benzene ring substituents is 1. The van der Waals surface area contributed by atoms with Crippen molar-refractivity contribution >= 4 is 11.4 Å². The van der Waals surface area contributed by atoms with Crippen LogP contribution in [0.1, 0.15) is 0 Å². The van der Waals surface area contributed by atoms with Crippen molar-refractivity contribution in [2.75, 3.05) is 12.4 Å². The molecule has 0 saturated heterocycles. The first-order chi connectivity index (χ1) is 13.0. The molecule has 0 saturated carbocycles. The van der Waals surface area contributed by atoms with Crippen LogP contribution in [0.25, 0.3) is 0 Å². The molecule has 2 aromatic rings. The summed E-state index contributed by atoms with van der Waals surface area (Å²) in [4.78, 5) is 10.6. The number of ether oxygens (including phenoxy) is 2. The third-order valence-corrected chi connectivity index (χ3v) is 3.25. The molecule has 9 heteroatoms. The average molecular weight is 361 g/mol. The SMILES string of the molecule is COc1ccccc1Oc1cc(NC(C#N)=C(C#N)C#N)cc([N+](=O)[O-])c1. The van der Waals surface area contributed by atoms with Gasteiger partial charge >= 0.3 is 0 Å². The number of nitrogens with zero attached hydrogens (tertiary/aromatic N) is 4. The van der Waals surface area contributed by atoms with Gasteiger partial charge in [-0.05, 0) is 12.1 Å². The van der Waals surface area contributed by atoms with Gasteiger partial charge in [0, 0.05) is 17.8 Å². The summed E-state index contributed by atoms with van der Waals surface area (Å²) in [5.74, 6) is 0.855. The number of para-hydroxylation sites is 2. The van der Waals surface area contributed by atoms with Crippen LogP contribution in [-0.4, -0.2) is 12.0 Å². The Morgan fingerprint density at radius 1 is 1.07 bits per heavy atom. The zero-order chi connectivity index (χ0) is 19.8. The fourth-order valence-corrected chi connectivity index (χ4v) is 2.08. The number of nitrogens with one attached hydrogen (secondary N) is 1. The highest BCUT2D eigenvalue weighted by Gasteiger charge is 2.15. The molecule has 1 N–H and O–H groups in total. The van der Waals surface area contributed by atoms with E-state index < -0.39 is 10.5 Å². The molecule has 0 unspecified atom stereocenters. The Balaban J connectivity index is 2.48. The van der Waals surface area contributed by atoms with Crippen LogP contribution in [0.3, 0.4) is 0 Å². The van der Waals surface area contributed by atoms with Crippen molar-refractivity contribution < 1.29 is 14.4 Å². The van der Waals surface area contributed by atoms with Gasteiger partial charge in [-0.1, -0.05) is 12.1 Å². The number of hydrogen-bond donors (Lipinski definition) is 1. The topological polar surface area (TPSA) is 145 Å². The van der Waals surface area contributed by atoms with Crippen molar-refractivity contribution in [3.8, 4) is 35.5 Å². The van der Waals surface area contributed by atoms with E-state index in [1.807, 2.05) is 0 Å². The molecule has 0 aliphatic carbocycles. The molecule has 2 rings (SSSR count). The standard InChI is InChI=1S/C18H11N5O4/c1-26-17-4-2-3-5-18(17)27-15-7-13(6-14(8-15)23(24)25)22-16(11-21)12(9-19)10-20/h2-8,22H,1H3. The summed E-state index contributed by atoms with van der Waals surface area (Å²) in [5, 5.41) is 40.6. The summed E-state index contributed by atoms with van der Waals surface area (Å²) in [6.07, 6.45) is 0. The second-order valence-corrected chi connectivity index (χ2v) is 4.94. The molecule has 0 fully saturated rings. The number of benzene rings is 2. The zero-order valence-electron chi connectivity index (χ0n) is 14.0. The first-order valence-electron chi connectivity index (χ1n) is 7.34. The van der Waals surface area contributed by atoms with E-state index in [-0.39, 0.29) is 22.8 Å². The van der Waals surface area contributed by atoms with Crippen LogP contribution >= 0.6 is 0 Å². The van der Waals surface area contributed by atoms with Gasteiger partial charge < -0.3 is 14.8 Å². The first kappa shape index (κ1) is 18.8. The van der Waals surface area contributed by atoms with E-state index >= 15 is 0 Å². The van der Waals surface area contributed by atoms with Gasteiger partial charge in [-0.3, -0.25) is 10.1 Å². The molecule has 2 aromatic carbocycles. The molecule has 27 heavy (non-hydrogen) atoms. The fraction of sp³-hybridized carbons (Fsp3) is 0.0556. The first-order valence-corrected chi connectivity index (χ1v) is 7.34. The second kappa shape index (κ2) is 8.52. The predicted molar refractivity (Wildman–Crippen MR) is 93.7 cm³/mol. The number of anilines is 1. The molecular formula is C18H11N5O4. The summed E-state index contributed by atoms with van der Waals surface area (Å²) in [5.41, 5.74) is -0.980. The van der Waals surface area contributed by atoms with Crippen LogP contribution in [0.2, 0.25) is 0 Å². The maximum absolute atomic E-state index is 11.2. The molecule has 0 bridgehead atoms. The Bertz CT molecular complexity index is 1020. The van der Waals surface area contributed by atoms with Gasteiger partial charge in [0.25, 0.3) is 5.69 Å². The minimum Gasteiger partial charge on any atom is -0.493 e. The predicted octanol–water partition coefficient (Wildman–Crippen LogP) is 3.63. The van der Waals surface area contributed by atoms with Crippen LogP contribution < -0.4 is 14.8 Å². The maximum Gasteiger partial charge on any atom is 0.275 e. The minimum atomic E-state index is -0.633. The molecule has 0 spiro atoms. The van der Waals surface area contributed by atoms with Gasteiger partial charge in [0.1, 0.15) is 29.7 Å². The number of rotatable bonds is 6. The summed E-state index contributed by atoms with van der Waals surface area (Å²) in [6.45, 7) is 0. The summed E-state index contributed by atoms with van der Waals surface area (Å²) in [6, 6.07) is 15.3. The second-order valence-electron chi connectivity index (χ2n) is 4.94. The monoisotopic (exact) mass is 361 g/mol.